The lowest BCUT2D eigenvalue weighted by Crippen LogP contribution is -2.12. The second kappa shape index (κ2) is 4.61. The Balaban J connectivity index is 3.21. The first kappa shape index (κ1) is 12.0. The number of nitrogens with zero attached hydrogens (tertiary/aromatic N) is 1. The first-order chi connectivity index (χ1) is 7.00. The van der Waals surface area contributed by atoms with Crippen molar-refractivity contribution in [2.75, 3.05) is 0 Å². The van der Waals surface area contributed by atoms with Crippen LogP contribution in [-0.2, 0) is 0 Å². The predicted molar refractivity (Wildman–Crippen MR) is 68.2 cm³/mol. The maximum absolute atomic E-state index is 4.36. The maximum Gasteiger partial charge on any atom is 0.0438 e. The van der Waals surface area contributed by atoms with Crippen molar-refractivity contribution in [3.8, 4) is 0 Å². The van der Waals surface area contributed by atoms with Crippen molar-refractivity contribution >= 4 is 5.71 Å². The summed E-state index contributed by atoms with van der Waals surface area (Å²) in [5, 5.41) is 0. The number of hydrogen-bond donors (Lipinski definition) is 0. The topological polar surface area (TPSA) is 12.4 Å². The molecule has 15 heavy (non-hydrogen) atoms. The van der Waals surface area contributed by atoms with Gasteiger partial charge in [-0.05, 0) is 35.8 Å². The van der Waals surface area contributed by atoms with Gasteiger partial charge in [0.2, 0.25) is 0 Å². The zero-order chi connectivity index (χ0) is 11.5. The number of rotatable bonds is 2. The van der Waals surface area contributed by atoms with E-state index in [2.05, 4.69) is 38.9 Å². The summed E-state index contributed by atoms with van der Waals surface area (Å²) in [4.78, 5) is 4.36. The molecule has 0 amide bonds. The summed E-state index contributed by atoms with van der Waals surface area (Å²) in [6, 6.07) is 0. The molecule has 82 valence electrons. The molecule has 0 aromatic rings. The second-order valence-electron chi connectivity index (χ2n) is 4.96. The van der Waals surface area contributed by atoms with Crippen molar-refractivity contribution < 1.29 is 0 Å². The molecule has 0 aromatic heterocycles. The number of aliphatic imine (C=N–C) groups is 1. The van der Waals surface area contributed by atoms with Crippen LogP contribution < -0.4 is 0 Å². The van der Waals surface area contributed by atoms with Crippen LogP contribution in [0.4, 0.5) is 0 Å². The minimum Gasteiger partial charge on any atom is -0.262 e. The highest BCUT2D eigenvalue weighted by atomic mass is 14.7. The van der Waals surface area contributed by atoms with E-state index in [1.807, 2.05) is 6.08 Å². The average Bonchev–Trinajstić information content (AvgIpc) is 2.53. The quantitative estimate of drug-likeness (QED) is 0.635. The molecule has 0 heterocycles. The van der Waals surface area contributed by atoms with Gasteiger partial charge in [0.15, 0.2) is 0 Å². The highest BCUT2D eigenvalue weighted by Gasteiger charge is 2.24. The Bertz CT molecular complexity index is 324. The Labute approximate surface area is 93.3 Å². The van der Waals surface area contributed by atoms with Crippen LogP contribution in [-0.4, -0.2) is 5.71 Å². The highest BCUT2D eigenvalue weighted by Crippen LogP contribution is 2.35. The van der Waals surface area contributed by atoms with E-state index in [-0.39, 0.29) is 5.41 Å². The lowest BCUT2D eigenvalue weighted by Gasteiger charge is -2.23. The summed E-state index contributed by atoms with van der Waals surface area (Å²) in [5.41, 5.74) is 4.08. The Morgan fingerprint density at radius 3 is 2.40 bits per heavy atom. The normalized spacial score (nSPS) is 23.0. The van der Waals surface area contributed by atoms with Crippen LogP contribution in [0.15, 0.2) is 41.6 Å². The molecule has 1 saturated carbocycles. The molecule has 0 N–H and O–H groups in total. The first-order valence-corrected chi connectivity index (χ1v) is 5.54. The van der Waals surface area contributed by atoms with E-state index in [0.717, 1.165) is 12.8 Å². The molecule has 0 spiro atoms. The summed E-state index contributed by atoms with van der Waals surface area (Å²) >= 11 is 0. The highest BCUT2D eigenvalue weighted by molar-refractivity contribution is 6.03. The van der Waals surface area contributed by atoms with E-state index in [4.69, 9.17) is 0 Å². The third-order valence-corrected chi connectivity index (χ3v) is 2.77. The third kappa shape index (κ3) is 2.68. The van der Waals surface area contributed by atoms with E-state index in [9.17, 15) is 0 Å². The fraction of sp³-hybridized carbons (Fsp3) is 0.500. The Morgan fingerprint density at radius 1 is 1.27 bits per heavy atom. The van der Waals surface area contributed by atoms with E-state index in [1.54, 1.807) is 6.20 Å². The van der Waals surface area contributed by atoms with Crippen LogP contribution in [0.25, 0.3) is 0 Å². The molecule has 1 heteroatoms. The van der Waals surface area contributed by atoms with Crippen LogP contribution in [0.2, 0.25) is 0 Å². The van der Waals surface area contributed by atoms with Crippen LogP contribution in [0, 0.1) is 5.41 Å². The summed E-state index contributed by atoms with van der Waals surface area (Å²) < 4.78 is 0. The molecule has 1 rings (SSSR count). The van der Waals surface area contributed by atoms with Crippen LogP contribution in [0.3, 0.4) is 0 Å². The summed E-state index contributed by atoms with van der Waals surface area (Å²) in [5.74, 6) is 0. The van der Waals surface area contributed by atoms with E-state index < -0.39 is 0 Å². The van der Waals surface area contributed by atoms with Gasteiger partial charge in [0.05, 0.1) is 0 Å². The zero-order valence-corrected chi connectivity index (χ0v) is 10.1. The van der Waals surface area contributed by atoms with Crippen molar-refractivity contribution in [3.05, 3.63) is 36.6 Å². The van der Waals surface area contributed by atoms with Crippen molar-refractivity contribution in [2.24, 2.45) is 10.4 Å². The van der Waals surface area contributed by atoms with Gasteiger partial charge in [-0.2, -0.15) is 0 Å². The number of allylic oxidation sites excluding steroid dienone is 3. The van der Waals surface area contributed by atoms with Crippen molar-refractivity contribution in [3.63, 3.8) is 0 Å². The minimum atomic E-state index is 0.156. The first-order valence-electron chi connectivity index (χ1n) is 5.54. The van der Waals surface area contributed by atoms with Crippen molar-refractivity contribution in [1.82, 2.24) is 0 Å². The van der Waals surface area contributed by atoms with E-state index in [0.29, 0.717) is 0 Å². The van der Waals surface area contributed by atoms with Gasteiger partial charge in [-0.1, -0.05) is 40.0 Å². The molecule has 0 radical (unpaired) electrons. The fourth-order valence-corrected chi connectivity index (χ4v) is 2.15. The lowest BCUT2D eigenvalue weighted by atomic mass is 9.82. The predicted octanol–water partition coefficient (Wildman–Crippen LogP) is 4.28. The summed E-state index contributed by atoms with van der Waals surface area (Å²) in [6.45, 7) is 14.3. The molecule has 1 aliphatic carbocycles. The molecule has 1 nitrogen and oxygen atoms in total. The van der Waals surface area contributed by atoms with Crippen LogP contribution in [0.1, 0.15) is 40.0 Å². The van der Waals surface area contributed by atoms with Gasteiger partial charge in [0.1, 0.15) is 0 Å². The van der Waals surface area contributed by atoms with E-state index in [1.165, 1.54) is 23.3 Å². The largest absolute Gasteiger partial charge is 0.262 e. The third-order valence-electron chi connectivity index (χ3n) is 2.77. The molecule has 0 bridgehead atoms. The SMILES string of the molecule is C=C/N=C1/CCC/C1=C(/C=C)C(C)(C)C. The summed E-state index contributed by atoms with van der Waals surface area (Å²) in [7, 11) is 0. The molecule has 0 atom stereocenters. The molecule has 0 unspecified atom stereocenters. The fourth-order valence-electron chi connectivity index (χ4n) is 2.15. The molecule has 0 aromatic carbocycles. The van der Waals surface area contributed by atoms with Gasteiger partial charge in [0, 0.05) is 11.9 Å². The molecule has 1 fully saturated rings. The molecule has 0 aliphatic heterocycles. The van der Waals surface area contributed by atoms with Crippen molar-refractivity contribution in [2.45, 2.75) is 40.0 Å². The maximum atomic E-state index is 4.36. The Kier molecular flexibility index (Phi) is 3.67. The summed E-state index contributed by atoms with van der Waals surface area (Å²) in [6.07, 6.45) is 7.04. The van der Waals surface area contributed by atoms with Crippen LogP contribution >= 0.6 is 0 Å². The molecule has 1 aliphatic rings. The Hall–Kier alpha value is -1.11. The molecule has 0 saturated heterocycles. The monoisotopic (exact) mass is 203 g/mol. The smallest absolute Gasteiger partial charge is 0.0438 e. The standard InChI is InChI=1S/C14H21N/c1-6-12(14(3,4)5)11-9-8-10-13(11)15-7-2/h6-7H,1-2,8-10H2,3-5H3/b12-11+,15-13-. The molecular weight excluding hydrogens is 182 g/mol. The second-order valence-corrected chi connectivity index (χ2v) is 4.96. The zero-order valence-electron chi connectivity index (χ0n) is 10.1. The van der Waals surface area contributed by atoms with Gasteiger partial charge in [-0.15, -0.1) is 0 Å². The lowest BCUT2D eigenvalue weighted by molar-refractivity contribution is 0.513. The minimum absolute atomic E-state index is 0.156. The van der Waals surface area contributed by atoms with Gasteiger partial charge in [-0.3, -0.25) is 4.99 Å². The van der Waals surface area contributed by atoms with Gasteiger partial charge in [-0.25, -0.2) is 0 Å². The van der Waals surface area contributed by atoms with E-state index >= 15 is 0 Å². The Morgan fingerprint density at radius 2 is 1.93 bits per heavy atom. The van der Waals surface area contributed by atoms with Crippen molar-refractivity contribution in [1.29, 1.82) is 0 Å². The van der Waals surface area contributed by atoms with Gasteiger partial charge in [0.25, 0.3) is 0 Å². The molecular formula is C14H21N. The number of hydrogen-bond acceptors (Lipinski definition) is 1. The van der Waals surface area contributed by atoms with Crippen LogP contribution in [0.5, 0.6) is 0 Å². The average molecular weight is 203 g/mol. The van der Waals surface area contributed by atoms with Gasteiger partial charge >= 0.3 is 0 Å². The van der Waals surface area contributed by atoms with Gasteiger partial charge < -0.3 is 0 Å².